The summed E-state index contributed by atoms with van der Waals surface area (Å²) in [7, 11) is 3.75. The average Bonchev–Trinajstić information content (AvgIpc) is 2.78. The Kier molecular flexibility index (Phi) is 3.40. The molecule has 0 radical (unpaired) electrons. The lowest BCUT2D eigenvalue weighted by atomic mass is 10.2. The van der Waals surface area contributed by atoms with E-state index in [1.807, 2.05) is 32.5 Å². The van der Waals surface area contributed by atoms with Crippen molar-refractivity contribution in [2.75, 3.05) is 17.7 Å². The molecule has 0 aliphatic rings. The lowest BCUT2D eigenvalue weighted by Crippen LogP contribution is -2.14. The summed E-state index contributed by atoms with van der Waals surface area (Å²) in [4.78, 5) is 8.40. The molecule has 7 heteroatoms. The number of nitrogens with one attached hydrogen (secondary N) is 2. The smallest absolute Gasteiger partial charge is 0.154 e. The summed E-state index contributed by atoms with van der Waals surface area (Å²) >= 11 is 0. The number of hydrogen-bond donors (Lipinski definition) is 2. The van der Waals surface area contributed by atoms with Crippen molar-refractivity contribution in [3.63, 3.8) is 0 Å². The summed E-state index contributed by atoms with van der Waals surface area (Å²) in [6.45, 7) is 3.99. The Hall–Kier alpha value is -2.18. The van der Waals surface area contributed by atoms with Gasteiger partial charge in [0.25, 0.3) is 0 Å². The van der Waals surface area contributed by atoms with Crippen molar-refractivity contribution < 1.29 is 0 Å². The molecule has 1 atom stereocenters. The largest absolute Gasteiger partial charge is 0.373 e. The summed E-state index contributed by atoms with van der Waals surface area (Å²) in [6, 6.07) is 0.0239. The van der Waals surface area contributed by atoms with E-state index >= 15 is 0 Å². The zero-order valence-corrected chi connectivity index (χ0v) is 11.0. The zero-order valence-electron chi connectivity index (χ0n) is 11.0. The number of aromatic nitrogens is 5. The topological polar surface area (TPSA) is 80.6 Å². The van der Waals surface area contributed by atoms with Gasteiger partial charge < -0.3 is 15.2 Å². The Morgan fingerprint density at radius 1 is 1.28 bits per heavy atom. The first-order valence-electron chi connectivity index (χ1n) is 5.73. The summed E-state index contributed by atoms with van der Waals surface area (Å²) in [5, 5.41) is 14.3. The van der Waals surface area contributed by atoms with Crippen LogP contribution in [0.2, 0.25) is 0 Å². The molecule has 0 aliphatic heterocycles. The van der Waals surface area contributed by atoms with Crippen LogP contribution in [0.5, 0.6) is 0 Å². The Morgan fingerprint density at radius 3 is 2.61 bits per heavy atom. The molecule has 0 saturated carbocycles. The first-order chi connectivity index (χ1) is 8.63. The molecule has 0 aliphatic carbocycles. The molecule has 18 heavy (non-hydrogen) atoms. The fourth-order valence-electron chi connectivity index (χ4n) is 1.80. The van der Waals surface area contributed by atoms with E-state index in [4.69, 9.17) is 0 Å². The number of aryl methyl sites for hydroxylation is 1. The second-order valence-corrected chi connectivity index (χ2v) is 4.11. The minimum atomic E-state index is 0.0239. The van der Waals surface area contributed by atoms with E-state index in [2.05, 4.69) is 30.8 Å². The van der Waals surface area contributed by atoms with Crippen LogP contribution in [-0.2, 0) is 7.05 Å². The van der Waals surface area contributed by atoms with Crippen LogP contribution in [0.3, 0.4) is 0 Å². The summed E-state index contributed by atoms with van der Waals surface area (Å²) in [6.07, 6.45) is 3.21. The molecule has 2 aromatic heterocycles. The molecule has 96 valence electrons. The average molecular weight is 247 g/mol. The van der Waals surface area contributed by atoms with Crippen LogP contribution >= 0.6 is 0 Å². The lowest BCUT2D eigenvalue weighted by molar-refractivity contribution is 0.715. The second-order valence-electron chi connectivity index (χ2n) is 4.11. The molecule has 7 nitrogen and oxygen atoms in total. The Morgan fingerprint density at radius 2 is 2.00 bits per heavy atom. The van der Waals surface area contributed by atoms with Crippen molar-refractivity contribution in [3.8, 4) is 0 Å². The Bertz CT molecular complexity index is 534. The zero-order chi connectivity index (χ0) is 13.1. The normalized spacial score (nSPS) is 12.2. The van der Waals surface area contributed by atoms with E-state index in [0.717, 1.165) is 23.0 Å². The molecule has 2 aromatic rings. The van der Waals surface area contributed by atoms with Crippen molar-refractivity contribution in [3.05, 3.63) is 24.0 Å². The van der Waals surface area contributed by atoms with Crippen LogP contribution in [0.25, 0.3) is 0 Å². The van der Waals surface area contributed by atoms with Crippen molar-refractivity contribution in [2.24, 2.45) is 7.05 Å². The molecule has 0 saturated heterocycles. The molecule has 0 bridgehead atoms. The van der Waals surface area contributed by atoms with Crippen LogP contribution < -0.4 is 10.6 Å². The van der Waals surface area contributed by atoms with Crippen LogP contribution in [0, 0.1) is 6.92 Å². The van der Waals surface area contributed by atoms with Gasteiger partial charge in [-0.3, -0.25) is 0 Å². The predicted octanol–water partition coefficient (Wildman–Crippen LogP) is 1.13. The van der Waals surface area contributed by atoms with Gasteiger partial charge in [-0.15, -0.1) is 10.2 Å². The molecule has 2 heterocycles. The van der Waals surface area contributed by atoms with Gasteiger partial charge >= 0.3 is 0 Å². The number of rotatable bonds is 4. The fraction of sp³-hybridized carbons (Fsp3) is 0.455. The van der Waals surface area contributed by atoms with E-state index in [1.165, 1.54) is 6.33 Å². The first-order valence-corrected chi connectivity index (χ1v) is 5.73. The predicted molar refractivity (Wildman–Crippen MR) is 69.4 cm³/mol. The van der Waals surface area contributed by atoms with Crippen molar-refractivity contribution in [1.29, 1.82) is 0 Å². The Balaban J connectivity index is 2.22. The number of nitrogens with zero attached hydrogens (tertiary/aromatic N) is 5. The minimum Gasteiger partial charge on any atom is -0.373 e. The highest BCUT2D eigenvalue weighted by Crippen LogP contribution is 2.21. The highest BCUT2D eigenvalue weighted by molar-refractivity contribution is 5.56. The van der Waals surface area contributed by atoms with Crippen LogP contribution in [-0.4, -0.2) is 31.8 Å². The van der Waals surface area contributed by atoms with E-state index in [9.17, 15) is 0 Å². The molecule has 2 N–H and O–H groups in total. The Labute approximate surface area is 106 Å². The maximum Gasteiger partial charge on any atom is 0.154 e. The molecule has 0 aromatic carbocycles. The van der Waals surface area contributed by atoms with Gasteiger partial charge in [0.05, 0.1) is 6.04 Å². The van der Waals surface area contributed by atoms with E-state index in [-0.39, 0.29) is 6.04 Å². The highest BCUT2D eigenvalue weighted by Gasteiger charge is 2.14. The van der Waals surface area contributed by atoms with Gasteiger partial charge in [0.2, 0.25) is 0 Å². The van der Waals surface area contributed by atoms with Gasteiger partial charge in [0.1, 0.15) is 24.3 Å². The maximum atomic E-state index is 4.25. The van der Waals surface area contributed by atoms with E-state index in [0.29, 0.717) is 0 Å². The van der Waals surface area contributed by atoms with Gasteiger partial charge in [-0.2, -0.15) is 0 Å². The summed E-state index contributed by atoms with van der Waals surface area (Å²) in [5.41, 5.74) is 0.981. The lowest BCUT2D eigenvalue weighted by Gasteiger charge is -2.16. The molecule has 0 spiro atoms. The van der Waals surface area contributed by atoms with Crippen LogP contribution in [0.4, 0.5) is 11.6 Å². The molecule has 0 fully saturated rings. The summed E-state index contributed by atoms with van der Waals surface area (Å²) < 4.78 is 1.88. The van der Waals surface area contributed by atoms with Crippen LogP contribution in [0.1, 0.15) is 24.4 Å². The van der Waals surface area contributed by atoms with Gasteiger partial charge in [-0.1, -0.05) is 0 Å². The molecule has 2 rings (SSSR count). The SMILES string of the molecule is CNc1ncnc(NC(C)c2nncn2C)c1C. The molecular weight excluding hydrogens is 230 g/mol. The minimum absolute atomic E-state index is 0.0239. The van der Waals surface area contributed by atoms with Crippen molar-refractivity contribution in [2.45, 2.75) is 19.9 Å². The van der Waals surface area contributed by atoms with E-state index < -0.39 is 0 Å². The molecule has 0 amide bonds. The number of hydrogen-bond acceptors (Lipinski definition) is 6. The molecule has 1 unspecified atom stereocenters. The van der Waals surface area contributed by atoms with Gasteiger partial charge in [0.15, 0.2) is 5.82 Å². The number of anilines is 2. The summed E-state index contributed by atoms with van der Waals surface area (Å²) in [5.74, 6) is 2.47. The third kappa shape index (κ3) is 2.24. The van der Waals surface area contributed by atoms with Gasteiger partial charge in [-0.05, 0) is 13.8 Å². The first kappa shape index (κ1) is 12.3. The monoisotopic (exact) mass is 247 g/mol. The standard InChI is InChI=1S/C11H17N7/c1-7-9(12-3)13-5-14-10(7)16-8(2)11-17-15-6-18(11)4/h5-6,8H,1-4H3,(H2,12,13,14,16). The third-order valence-electron chi connectivity index (χ3n) is 2.81. The fourth-order valence-corrected chi connectivity index (χ4v) is 1.80. The van der Waals surface area contributed by atoms with Gasteiger partial charge in [0, 0.05) is 19.7 Å². The quantitative estimate of drug-likeness (QED) is 0.843. The highest BCUT2D eigenvalue weighted by atomic mass is 15.3. The van der Waals surface area contributed by atoms with Crippen LogP contribution in [0.15, 0.2) is 12.7 Å². The van der Waals surface area contributed by atoms with E-state index in [1.54, 1.807) is 6.33 Å². The third-order valence-corrected chi connectivity index (χ3v) is 2.81. The molecular formula is C11H17N7. The van der Waals surface area contributed by atoms with Gasteiger partial charge in [-0.25, -0.2) is 9.97 Å². The van der Waals surface area contributed by atoms with Crippen molar-refractivity contribution in [1.82, 2.24) is 24.7 Å². The second kappa shape index (κ2) is 4.99. The van der Waals surface area contributed by atoms with Crippen molar-refractivity contribution >= 4 is 11.6 Å². The maximum absolute atomic E-state index is 4.25.